The van der Waals surface area contributed by atoms with Crippen LogP contribution in [0.4, 0.5) is 11.4 Å². The number of nitro benzene ring substituents is 2. The number of rotatable bonds is 5. The van der Waals surface area contributed by atoms with E-state index in [2.05, 4.69) is 0 Å². The second-order valence-electron chi connectivity index (χ2n) is 3.47. The molecule has 0 aliphatic carbocycles. The maximum Gasteiger partial charge on any atom is 0.279 e. The van der Waals surface area contributed by atoms with Gasteiger partial charge in [-0.2, -0.15) is 0 Å². The normalized spacial score (nSPS) is 9.94. The van der Waals surface area contributed by atoms with E-state index in [1.165, 1.54) is 13.0 Å². The average Bonchev–Trinajstić information content (AvgIpc) is 2.26. The van der Waals surface area contributed by atoms with E-state index in [9.17, 15) is 25.0 Å². The number of carbonyl (C=O) groups excluding carboxylic acids is 1. The van der Waals surface area contributed by atoms with Gasteiger partial charge in [-0.05, 0) is 18.9 Å². The quantitative estimate of drug-likeness (QED) is 0.443. The predicted molar refractivity (Wildman–Crippen MR) is 58.9 cm³/mol. The highest BCUT2D eigenvalue weighted by Gasteiger charge is 2.20. The van der Waals surface area contributed by atoms with Crippen molar-refractivity contribution in [1.82, 2.24) is 0 Å². The molecule has 0 aromatic heterocycles. The molecule has 0 saturated carbocycles. The summed E-state index contributed by atoms with van der Waals surface area (Å²) in [5, 5.41) is 21.4. The maximum atomic E-state index is 10.7. The Hall–Kier alpha value is -2.31. The van der Waals surface area contributed by atoms with E-state index >= 15 is 0 Å². The van der Waals surface area contributed by atoms with Crippen molar-refractivity contribution in [2.75, 3.05) is 0 Å². The molecular weight excluding hydrogens is 228 g/mol. The number of nitrogens with zero attached hydrogens (tertiary/aromatic N) is 2. The molecule has 0 aliphatic rings. The number of hydrogen-bond acceptors (Lipinski definition) is 5. The van der Waals surface area contributed by atoms with Crippen LogP contribution in [0, 0.1) is 27.2 Å². The monoisotopic (exact) mass is 238 g/mol. The zero-order chi connectivity index (χ0) is 13.0. The van der Waals surface area contributed by atoms with E-state index in [1.807, 2.05) is 0 Å². The molecule has 17 heavy (non-hydrogen) atoms. The first-order valence-corrected chi connectivity index (χ1v) is 4.83. The minimum Gasteiger partial charge on any atom is -0.303 e. The summed E-state index contributed by atoms with van der Waals surface area (Å²) in [5.74, 6) is 0. The van der Waals surface area contributed by atoms with E-state index in [1.54, 1.807) is 0 Å². The Bertz CT molecular complexity index is 484. The van der Waals surface area contributed by atoms with Crippen LogP contribution in [0.25, 0.3) is 0 Å². The largest absolute Gasteiger partial charge is 0.303 e. The van der Waals surface area contributed by atoms with Crippen LogP contribution in [-0.2, 0) is 11.2 Å². The Kier molecular flexibility index (Phi) is 3.86. The van der Waals surface area contributed by atoms with Gasteiger partial charge in [0.25, 0.3) is 11.4 Å². The molecule has 1 aromatic carbocycles. The van der Waals surface area contributed by atoms with Crippen LogP contribution in [0.5, 0.6) is 0 Å². The predicted octanol–water partition coefficient (Wildman–Crippen LogP) is 1.94. The van der Waals surface area contributed by atoms with Gasteiger partial charge in [0.05, 0.1) is 15.9 Å². The van der Waals surface area contributed by atoms with Gasteiger partial charge in [-0.25, -0.2) is 0 Å². The summed E-state index contributed by atoms with van der Waals surface area (Å²) in [6.07, 6.45) is 1.11. The highest BCUT2D eigenvalue weighted by atomic mass is 16.6. The Morgan fingerprint density at radius 3 is 2.35 bits per heavy atom. The van der Waals surface area contributed by atoms with Crippen molar-refractivity contribution in [3.05, 3.63) is 43.5 Å². The number of benzene rings is 1. The molecule has 0 fully saturated rings. The lowest BCUT2D eigenvalue weighted by atomic mass is 10.0. The third-order valence-electron chi connectivity index (χ3n) is 2.41. The molecule has 7 heteroatoms. The maximum absolute atomic E-state index is 10.7. The van der Waals surface area contributed by atoms with Crippen molar-refractivity contribution < 1.29 is 14.6 Å². The van der Waals surface area contributed by atoms with E-state index in [0.717, 1.165) is 6.07 Å². The van der Waals surface area contributed by atoms with Crippen LogP contribution < -0.4 is 0 Å². The Morgan fingerprint density at radius 1 is 1.24 bits per heavy atom. The van der Waals surface area contributed by atoms with Gasteiger partial charge in [-0.3, -0.25) is 20.2 Å². The Balaban J connectivity index is 3.32. The van der Waals surface area contributed by atoms with Crippen LogP contribution >= 0.6 is 0 Å². The first kappa shape index (κ1) is 12.8. The minimum absolute atomic E-state index is 0.180. The molecule has 0 aliphatic heterocycles. The van der Waals surface area contributed by atoms with Gasteiger partial charge in [0.15, 0.2) is 0 Å². The zero-order valence-electron chi connectivity index (χ0n) is 9.08. The molecule has 0 heterocycles. The van der Waals surface area contributed by atoms with E-state index in [4.69, 9.17) is 0 Å². The summed E-state index contributed by atoms with van der Waals surface area (Å²) in [6.45, 7) is 1.52. The van der Waals surface area contributed by atoms with Gasteiger partial charge >= 0.3 is 0 Å². The molecule has 0 N–H and O–H groups in total. The van der Waals surface area contributed by atoms with Crippen LogP contribution in [0.2, 0.25) is 0 Å². The van der Waals surface area contributed by atoms with E-state index in [0.29, 0.717) is 17.4 Å². The van der Waals surface area contributed by atoms with Crippen molar-refractivity contribution >= 4 is 17.7 Å². The molecule has 0 bridgehead atoms. The first-order valence-electron chi connectivity index (χ1n) is 4.83. The molecule has 0 saturated heterocycles. The molecular formula is C10H10N2O5. The number of hydrogen-bond donors (Lipinski definition) is 0. The highest BCUT2D eigenvalue weighted by Crippen LogP contribution is 2.28. The van der Waals surface area contributed by atoms with Crippen LogP contribution in [0.1, 0.15) is 17.5 Å². The first-order chi connectivity index (χ1) is 7.97. The van der Waals surface area contributed by atoms with Crippen molar-refractivity contribution in [2.24, 2.45) is 0 Å². The zero-order valence-corrected chi connectivity index (χ0v) is 9.08. The van der Waals surface area contributed by atoms with Crippen LogP contribution in [0.15, 0.2) is 12.1 Å². The van der Waals surface area contributed by atoms with Gasteiger partial charge < -0.3 is 4.79 Å². The topological polar surface area (TPSA) is 103 Å². The number of nitro groups is 2. The molecule has 7 nitrogen and oxygen atoms in total. The average molecular weight is 238 g/mol. The highest BCUT2D eigenvalue weighted by molar-refractivity contribution is 5.55. The summed E-state index contributed by atoms with van der Waals surface area (Å²) < 4.78 is 0. The van der Waals surface area contributed by atoms with Crippen molar-refractivity contribution in [1.29, 1.82) is 0 Å². The van der Waals surface area contributed by atoms with Gasteiger partial charge in [-0.15, -0.1) is 0 Å². The summed E-state index contributed by atoms with van der Waals surface area (Å²) in [4.78, 5) is 30.3. The minimum atomic E-state index is -0.684. The van der Waals surface area contributed by atoms with Gasteiger partial charge in [0, 0.05) is 18.1 Å². The summed E-state index contributed by atoms with van der Waals surface area (Å²) >= 11 is 0. The van der Waals surface area contributed by atoms with Crippen molar-refractivity contribution in [3.63, 3.8) is 0 Å². The summed E-state index contributed by atoms with van der Waals surface area (Å²) in [7, 11) is 0. The van der Waals surface area contributed by atoms with Crippen LogP contribution in [0.3, 0.4) is 0 Å². The number of carbonyl (C=O) groups is 1. The SMILES string of the molecule is Cc1c(CCC=O)cc([N+](=O)[O-])cc1[N+](=O)[O-]. The van der Waals surface area contributed by atoms with E-state index in [-0.39, 0.29) is 24.2 Å². The number of non-ortho nitro benzene ring substituents is 1. The lowest BCUT2D eigenvalue weighted by Crippen LogP contribution is -2.00. The summed E-state index contributed by atoms with van der Waals surface area (Å²) in [6, 6.07) is 2.20. The van der Waals surface area contributed by atoms with Gasteiger partial charge in [0.2, 0.25) is 0 Å². The Morgan fingerprint density at radius 2 is 1.88 bits per heavy atom. The second kappa shape index (κ2) is 5.15. The fourth-order valence-corrected chi connectivity index (χ4v) is 1.51. The molecule has 1 rings (SSSR count). The smallest absolute Gasteiger partial charge is 0.279 e. The molecule has 90 valence electrons. The Labute approximate surface area is 96.4 Å². The fourth-order valence-electron chi connectivity index (χ4n) is 1.51. The van der Waals surface area contributed by atoms with Crippen LogP contribution in [-0.4, -0.2) is 16.1 Å². The van der Waals surface area contributed by atoms with E-state index < -0.39 is 9.85 Å². The molecule has 0 spiro atoms. The lowest BCUT2D eigenvalue weighted by molar-refractivity contribution is -0.394. The molecule has 0 unspecified atom stereocenters. The molecule has 0 atom stereocenters. The molecule has 1 aromatic rings. The third kappa shape index (κ3) is 2.83. The summed E-state index contributed by atoms with van der Waals surface area (Å²) in [5.41, 5.74) is 0.198. The standard InChI is InChI=1S/C10H10N2O5/c1-7-8(3-2-4-13)5-9(11(14)15)6-10(7)12(16)17/h4-6H,2-3H2,1H3. The second-order valence-corrected chi connectivity index (χ2v) is 3.47. The van der Waals surface area contributed by atoms with Gasteiger partial charge in [-0.1, -0.05) is 0 Å². The molecule has 0 radical (unpaired) electrons. The molecule has 0 amide bonds. The van der Waals surface area contributed by atoms with Crippen molar-refractivity contribution in [2.45, 2.75) is 19.8 Å². The fraction of sp³-hybridized carbons (Fsp3) is 0.300. The lowest BCUT2D eigenvalue weighted by Gasteiger charge is -2.04. The number of aldehydes is 1. The third-order valence-corrected chi connectivity index (χ3v) is 2.41. The van der Waals surface area contributed by atoms with Crippen molar-refractivity contribution in [3.8, 4) is 0 Å². The number of aryl methyl sites for hydroxylation is 1. The van der Waals surface area contributed by atoms with Gasteiger partial charge in [0.1, 0.15) is 6.29 Å².